The molecule has 16 heavy (non-hydrogen) atoms. The molecule has 3 nitrogen and oxygen atoms in total. The molecule has 0 aliphatic rings. The van der Waals surface area contributed by atoms with Crippen molar-refractivity contribution >= 4 is 15.9 Å². The highest BCUT2D eigenvalue weighted by Gasteiger charge is 2.13. The molecule has 2 aromatic rings. The van der Waals surface area contributed by atoms with E-state index in [1.54, 1.807) is 4.68 Å². The second-order valence-electron chi connectivity index (χ2n) is 3.68. The zero-order valence-electron chi connectivity index (χ0n) is 9.27. The summed E-state index contributed by atoms with van der Waals surface area (Å²) < 4.78 is 3.58. The van der Waals surface area contributed by atoms with Gasteiger partial charge in [0.1, 0.15) is 0 Å². The fourth-order valence-corrected chi connectivity index (χ4v) is 2.61. The van der Waals surface area contributed by atoms with Crippen LogP contribution in [0.15, 0.2) is 35.1 Å². The second-order valence-corrected chi connectivity index (χ2v) is 4.24. The summed E-state index contributed by atoms with van der Waals surface area (Å²) in [6.07, 6.45) is 0. The third kappa shape index (κ3) is 1.63. The molecule has 0 unspecified atom stereocenters. The summed E-state index contributed by atoms with van der Waals surface area (Å²) in [6, 6.07) is 9.66. The standard InChI is InChI=1S/C12H13BrN2O/c1-9-11(8-13)14(2)15(12(9)16)10-6-4-3-5-7-10/h3-7H,8H2,1-2H3. The minimum atomic E-state index is 0.0446. The van der Waals surface area contributed by atoms with Gasteiger partial charge in [-0.2, -0.15) is 0 Å². The first kappa shape index (κ1) is 11.2. The summed E-state index contributed by atoms with van der Waals surface area (Å²) in [5.74, 6) is 0. The summed E-state index contributed by atoms with van der Waals surface area (Å²) in [5, 5.41) is 0.685. The normalized spacial score (nSPS) is 10.7. The van der Waals surface area contributed by atoms with Crippen molar-refractivity contribution in [2.24, 2.45) is 7.05 Å². The molecular formula is C12H13BrN2O. The number of hydrogen-bond acceptors (Lipinski definition) is 1. The van der Waals surface area contributed by atoms with E-state index in [4.69, 9.17) is 0 Å². The molecule has 0 aliphatic carbocycles. The van der Waals surface area contributed by atoms with Crippen LogP contribution >= 0.6 is 15.9 Å². The lowest BCUT2D eigenvalue weighted by Crippen LogP contribution is -2.20. The monoisotopic (exact) mass is 280 g/mol. The van der Waals surface area contributed by atoms with E-state index in [1.807, 2.05) is 49.0 Å². The van der Waals surface area contributed by atoms with Crippen molar-refractivity contribution in [2.75, 3.05) is 0 Å². The first-order chi connectivity index (χ1) is 7.66. The smallest absolute Gasteiger partial charge is 0.274 e. The van der Waals surface area contributed by atoms with Crippen molar-refractivity contribution in [1.29, 1.82) is 0 Å². The summed E-state index contributed by atoms with van der Waals surface area (Å²) in [5.41, 5.74) is 2.74. The predicted octanol–water partition coefficient (Wildman–Crippen LogP) is 2.38. The predicted molar refractivity (Wildman–Crippen MR) is 68.4 cm³/mol. The molecule has 0 saturated carbocycles. The molecule has 0 N–H and O–H groups in total. The van der Waals surface area contributed by atoms with Crippen LogP contribution in [0.5, 0.6) is 0 Å². The minimum absolute atomic E-state index is 0.0446. The number of alkyl halides is 1. The highest BCUT2D eigenvalue weighted by atomic mass is 79.9. The molecule has 0 radical (unpaired) electrons. The molecule has 1 heterocycles. The van der Waals surface area contributed by atoms with Crippen LogP contribution in [0.25, 0.3) is 5.69 Å². The molecule has 0 bridgehead atoms. The minimum Gasteiger partial charge on any atom is -0.284 e. The van der Waals surface area contributed by atoms with E-state index in [1.165, 1.54) is 0 Å². The van der Waals surface area contributed by atoms with Gasteiger partial charge in [-0.25, -0.2) is 4.68 Å². The quantitative estimate of drug-likeness (QED) is 0.776. The third-order valence-electron chi connectivity index (χ3n) is 2.76. The molecule has 84 valence electrons. The Kier molecular flexibility index (Phi) is 3.01. The van der Waals surface area contributed by atoms with E-state index in [-0.39, 0.29) is 5.56 Å². The molecule has 2 rings (SSSR count). The Morgan fingerprint density at radius 2 is 1.88 bits per heavy atom. The van der Waals surface area contributed by atoms with E-state index in [0.717, 1.165) is 16.9 Å². The van der Waals surface area contributed by atoms with Crippen LogP contribution in [0.1, 0.15) is 11.3 Å². The topological polar surface area (TPSA) is 26.9 Å². The van der Waals surface area contributed by atoms with E-state index in [9.17, 15) is 4.79 Å². The second kappa shape index (κ2) is 4.29. The number of benzene rings is 1. The molecule has 0 fully saturated rings. The van der Waals surface area contributed by atoms with Gasteiger partial charge < -0.3 is 0 Å². The zero-order valence-corrected chi connectivity index (χ0v) is 10.9. The molecule has 1 aromatic carbocycles. The maximum absolute atomic E-state index is 12.1. The SMILES string of the molecule is Cc1c(CBr)n(C)n(-c2ccccc2)c1=O. The van der Waals surface area contributed by atoms with Gasteiger partial charge in [-0.15, -0.1) is 0 Å². The van der Waals surface area contributed by atoms with Crippen LogP contribution in [-0.4, -0.2) is 9.36 Å². The van der Waals surface area contributed by atoms with Crippen molar-refractivity contribution in [3.63, 3.8) is 0 Å². The highest BCUT2D eigenvalue weighted by Crippen LogP contribution is 2.12. The maximum Gasteiger partial charge on any atom is 0.274 e. The lowest BCUT2D eigenvalue weighted by atomic mass is 10.3. The molecule has 0 atom stereocenters. The Morgan fingerprint density at radius 1 is 1.25 bits per heavy atom. The number of halogens is 1. The van der Waals surface area contributed by atoms with Crippen LogP contribution in [0.2, 0.25) is 0 Å². The summed E-state index contributed by atoms with van der Waals surface area (Å²) in [6.45, 7) is 1.86. The zero-order chi connectivity index (χ0) is 11.7. The highest BCUT2D eigenvalue weighted by molar-refractivity contribution is 9.08. The van der Waals surface area contributed by atoms with Crippen LogP contribution in [-0.2, 0) is 12.4 Å². The van der Waals surface area contributed by atoms with Crippen molar-refractivity contribution in [3.05, 3.63) is 51.9 Å². The van der Waals surface area contributed by atoms with Gasteiger partial charge in [0.2, 0.25) is 0 Å². The fourth-order valence-electron chi connectivity index (χ4n) is 1.83. The van der Waals surface area contributed by atoms with Crippen molar-refractivity contribution in [1.82, 2.24) is 9.36 Å². The van der Waals surface area contributed by atoms with Crippen molar-refractivity contribution < 1.29 is 0 Å². The van der Waals surface area contributed by atoms with Crippen molar-refractivity contribution in [2.45, 2.75) is 12.3 Å². The molecule has 4 heteroatoms. The van der Waals surface area contributed by atoms with Gasteiger partial charge >= 0.3 is 0 Å². The Hall–Kier alpha value is -1.29. The number of nitrogens with zero attached hydrogens (tertiary/aromatic N) is 2. The Bertz CT molecular complexity index is 554. The molecule has 0 spiro atoms. The van der Waals surface area contributed by atoms with Crippen LogP contribution in [0.3, 0.4) is 0 Å². The van der Waals surface area contributed by atoms with E-state index in [0.29, 0.717) is 5.33 Å². The first-order valence-electron chi connectivity index (χ1n) is 5.05. The third-order valence-corrected chi connectivity index (χ3v) is 3.30. The average molecular weight is 281 g/mol. The van der Waals surface area contributed by atoms with E-state index < -0.39 is 0 Å². The van der Waals surface area contributed by atoms with Gasteiger partial charge in [0, 0.05) is 17.9 Å². The first-order valence-corrected chi connectivity index (χ1v) is 6.18. The summed E-state index contributed by atoms with van der Waals surface area (Å²) in [7, 11) is 1.90. The Morgan fingerprint density at radius 3 is 2.38 bits per heavy atom. The van der Waals surface area contributed by atoms with Gasteiger partial charge in [-0.1, -0.05) is 34.1 Å². The fraction of sp³-hybridized carbons (Fsp3) is 0.250. The summed E-state index contributed by atoms with van der Waals surface area (Å²) >= 11 is 3.41. The number of rotatable bonds is 2. The van der Waals surface area contributed by atoms with Crippen molar-refractivity contribution in [3.8, 4) is 5.69 Å². The van der Waals surface area contributed by atoms with E-state index in [2.05, 4.69) is 15.9 Å². The largest absolute Gasteiger partial charge is 0.284 e. The molecule has 0 amide bonds. The number of hydrogen-bond donors (Lipinski definition) is 0. The van der Waals surface area contributed by atoms with Crippen LogP contribution in [0, 0.1) is 6.92 Å². The summed E-state index contributed by atoms with van der Waals surface area (Å²) in [4.78, 5) is 12.1. The van der Waals surface area contributed by atoms with Gasteiger partial charge in [0.25, 0.3) is 5.56 Å². The lowest BCUT2D eigenvalue weighted by Gasteiger charge is -2.08. The maximum atomic E-state index is 12.1. The lowest BCUT2D eigenvalue weighted by molar-refractivity contribution is 0.628. The van der Waals surface area contributed by atoms with Crippen LogP contribution in [0.4, 0.5) is 0 Å². The molecular weight excluding hydrogens is 268 g/mol. The average Bonchev–Trinajstić information content (AvgIpc) is 2.51. The molecule has 0 saturated heterocycles. The van der Waals surface area contributed by atoms with Gasteiger partial charge in [0.15, 0.2) is 0 Å². The van der Waals surface area contributed by atoms with Gasteiger partial charge in [-0.05, 0) is 19.1 Å². The number of aromatic nitrogens is 2. The number of para-hydroxylation sites is 1. The molecule has 1 aromatic heterocycles. The van der Waals surface area contributed by atoms with Gasteiger partial charge in [-0.3, -0.25) is 9.48 Å². The Balaban J connectivity index is 2.72. The Labute approximate surface area is 102 Å². The molecule has 0 aliphatic heterocycles. The van der Waals surface area contributed by atoms with Gasteiger partial charge in [0.05, 0.1) is 11.4 Å². The van der Waals surface area contributed by atoms with E-state index >= 15 is 0 Å². The van der Waals surface area contributed by atoms with Crippen LogP contribution < -0.4 is 5.56 Å².